The third-order valence-corrected chi connectivity index (χ3v) is 3.63. The van der Waals surface area contributed by atoms with E-state index in [9.17, 15) is 4.79 Å². The summed E-state index contributed by atoms with van der Waals surface area (Å²) in [6, 6.07) is 19.6. The molecule has 3 heteroatoms. The van der Waals surface area contributed by atoms with E-state index >= 15 is 0 Å². The van der Waals surface area contributed by atoms with Gasteiger partial charge in [-0.15, -0.1) is 0 Å². The molecule has 0 aromatic heterocycles. The summed E-state index contributed by atoms with van der Waals surface area (Å²) in [5, 5.41) is 0. The summed E-state index contributed by atoms with van der Waals surface area (Å²) in [7, 11) is 0. The molecule has 0 heterocycles. The lowest BCUT2D eigenvalue weighted by atomic mass is 10.1. The number of rotatable bonds is 3. The lowest BCUT2D eigenvalue weighted by Crippen LogP contribution is -2.26. The van der Waals surface area contributed by atoms with Crippen molar-refractivity contribution in [3.8, 4) is 12.5 Å². The first-order chi connectivity index (χ1) is 9.22. The molecule has 0 saturated heterocycles. The molecule has 94 valence electrons. The third-order valence-electron chi connectivity index (χ3n) is 2.69. The van der Waals surface area contributed by atoms with Gasteiger partial charge in [0.05, 0.1) is 12.1 Å². The number of halogens is 1. The third kappa shape index (κ3) is 3.36. The van der Waals surface area contributed by atoms with E-state index in [1.165, 1.54) is 4.90 Å². The van der Waals surface area contributed by atoms with Crippen LogP contribution in [0.2, 0.25) is 0 Å². The average Bonchev–Trinajstić information content (AvgIpc) is 2.46. The number of carbonyl (C=O) groups is 1. The number of amides is 1. The standard InChI is InChI=1S/C16H12INO/c1-2-18(12-13-8-4-3-5-9-13)16(19)14-10-6-7-11-15(14)17/h1,3-11H,12H2. The zero-order valence-electron chi connectivity index (χ0n) is 10.2. The molecule has 0 bridgehead atoms. The van der Waals surface area contributed by atoms with Crippen LogP contribution in [0.15, 0.2) is 54.6 Å². The number of hydrogen-bond donors (Lipinski definition) is 0. The van der Waals surface area contributed by atoms with Crippen LogP contribution in [-0.2, 0) is 6.54 Å². The van der Waals surface area contributed by atoms with Crippen molar-refractivity contribution >= 4 is 28.5 Å². The van der Waals surface area contributed by atoms with Crippen LogP contribution in [0.25, 0.3) is 0 Å². The van der Waals surface area contributed by atoms with Crippen molar-refractivity contribution in [2.24, 2.45) is 0 Å². The van der Waals surface area contributed by atoms with Gasteiger partial charge in [-0.3, -0.25) is 9.69 Å². The Morgan fingerprint density at radius 1 is 1.11 bits per heavy atom. The van der Waals surface area contributed by atoms with E-state index < -0.39 is 0 Å². The quantitative estimate of drug-likeness (QED) is 0.465. The van der Waals surface area contributed by atoms with Crippen LogP contribution in [0, 0.1) is 16.0 Å². The van der Waals surface area contributed by atoms with E-state index in [2.05, 4.69) is 28.6 Å². The Hall–Kier alpha value is -1.80. The molecule has 0 atom stereocenters. The van der Waals surface area contributed by atoms with Crippen molar-refractivity contribution in [2.45, 2.75) is 6.54 Å². The molecule has 0 aliphatic rings. The average molecular weight is 361 g/mol. The number of hydrogen-bond acceptors (Lipinski definition) is 1. The Kier molecular flexibility index (Phi) is 4.58. The predicted octanol–water partition coefficient (Wildman–Crippen LogP) is 3.52. The molecule has 0 spiro atoms. The van der Waals surface area contributed by atoms with Crippen LogP contribution in [0.4, 0.5) is 0 Å². The molecule has 0 aliphatic carbocycles. The summed E-state index contributed by atoms with van der Waals surface area (Å²) >= 11 is 2.14. The molecule has 0 fully saturated rings. The van der Waals surface area contributed by atoms with E-state index in [1.54, 1.807) is 6.07 Å². The number of nitrogens with zero attached hydrogens (tertiary/aromatic N) is 1. The number of benzene rings is 2. The van der Waals surface area contributed by atoms with E-state index in [0.717, 1.165) is 9.13 Å². The largest absolute Gasteiger partial charge is 0.268 e. The number of carbonyl (C=O) groups excluding carboxylic acids is 1. The zero-order valence-corrected chi connectivity index (χ0v) is 12.4. The van der Waals surface area contributed by atoms with Crippen LogP contribution >= 0.6 is 22.6 Å². The summed E-state index contributed by atoms with van der Waals surface area (Å²) in [5.41, 5.74) is 1.65. The predicted molar refractivity (Wildman–Crippen MR) is 84.3 cm³/mol. The van der Waals surface area contributed by atoms with Crippen molar-refractivity contribution in [3.05, 3.63) is 69.3 Å². The van der Waals surface area contributed by atoms with Crippen molar-refractivity contribution in [3.63, 3.8) is 0 Å². The first-order valence-corrected chi connectivity index (χ1v) is 6.87. The Labute approximate surface area is 126 Å². The maximum Gasteiger partial charge on any atom is 0.266 e. The lowest BCUT2D eigenvalue weighted by molar-refractivity contribution is 0.0826. The molecule has 19 heavy (non-hydrogen) atoms. The fourth-order valence-corrected chi connectivity index (χ4v) is 2.34. The minimum atomic E-state index is -0.142. The molecule has 2 aromatic rings. The minimum absolute atomic E-state index is 0.142. The van der Waals surface area contributed by atoms with E-state index in [4.69, 9.17) is 6.42 Å². The lowest BCUT2D eigenvalue weighted by Gasteiger charge is -2.16. The second-order valence-corrected chi connectivity index (χ2v) is 5.15. The summed E-state index contributed by atoms with van der Waals surface area (Å²) in [4.78, 5) is 13.8. The highest BCUT2D eigenvalue weighted by Crippen LogP contribution is 2.15. The van der Waals surface area contributed by atoms with Crippen molar-refractivity contribution < 1.29 is 4.79 Å². The Morgan fingerprint density at radius 2 is 1.74 bits per heavy atom. The van der Waals surface area contributed by atoms with Crippen molar-refractivity contribution in [1.29, 1.82) is 0 Å². The van der Waals surface area contributed by atoms with E-state index in [0.29, 0.717) is 12.1 Å². The van der Waals surface area contributed by atoms with Gasteiger partial charge < -0.3 is 0 Å². The molecule has 1 amide bonds. The monoisotopic (exact) mass is 361 g/mol. The molecule has 2 rings (SSSR count). The first-order valence-electron chi connectivity index (χ1n) is 5.79. The van der Waals surface area contributed by atoms with Gasteiger partial charge in [-0.25, -0.2) is 0 Å². The summed E-state index contributed by atoms with van der Waals surface area (Å²) < 4.78 is 0.901. The van der Waals surface area contributed by atoms with Crippen molar-refractivity contribution in [1.82, 2.24) is 4.90 Å². The second kappa shape index (κ2) is 6.39. The molecule has 0 N–H and O–H groups in total. The molecule has 2 aromatic carbocycles. The van der Waals surface area contributed by atoms with Crippen LogP contribution in [0.5, 0.6) is 0 Å². The molecular formula is C16H12INO. The first kappa shape index (κ1) is 13.6. The van der Waals surface area contributed by atoms with Crippen LogP contribution in [-0.4, -0.2) is 10.8 Å². The molecule has 0 aliphatic heterocycles. The van der Waals surface area contributed by atoms with Gasteiger partial charge in [0.1, 0.15) is 0 Å². The highest BCUT2D eigenvalue weighted by atomic mass is 127. The SMILES string of the molecule is C#CN(Cc1ccccc1)C(=O)c1ccccc1I. The van der Waals surface area contributed by atoms with Gasteiger partial charge in [-0.05, 0) is 40.3 Å². The summed E-state index contributed by atoms with van der Waals surface area (Å²) in [5.74, 6) is -0.142. The molecule has 0 unspecified atom stereocenters. The van der Waals surface area contributed by atoms with Crippen LogP contribution in [0.1, 0.15) is 15.9 Å². The fourth-order valence-electron chi connectivity index (χ4n) is 1.72. The van der Waals surface area contributed by atoms with Gasteiger partial charge in [0.25, 0.3) is 5.91 Å². The fraction of sp³-hybridized carbons (Fsp3) is 0.0625. The van der Waals surface area contributed by atoms with Gasteiger partial charge in [0, 0.05) is 9.61 Å². The number of terminal acetylenes is 1. The van der Waals surface area contributed by atoms with E-state index in [-0.39, 0.29) is 5.91 Å². The maximum absolute atomic E-state index is 12.4. The minimum Gasteiger partial charge on any atom is -0.268 e. The van der Waals surface area contributed by atoms with Gasteiger partial charge in [0.2, 0.25) is 0 Å². The molecule has 2 nitrogen and oxygen atoms in total. The zero-order chi connectivity index (χ0) is 13.7. The van der Waals surface area contributed by atoms with Crippen LogP contribution in [0.3, 0.4) is 0 Å². The van der Waals surface area contributed by atoms with Gasteiger partial charge in [-0.2, -0.15) is 0 Å². The van der Waals surface area contributed by atoms with Gasteiger partial charge in [-0.1, -0.05) is 48.9 Å². The van der Waals surface area contributed by atoms with Crippen molar-refractivity contribution in [2.75, 3.05) is 0 Å². The molecule has 0 saturated carbocycles. The molecular weight excluding hydrogens is 349 g/mol. The normalized spacial score (nSPS) is 9.68. The van der Waals surface area contributed by atoms with Gasteiger partial charge in [0.15, 0.2) is 0 Å². The highest BCUT2D eigenvalue weighted by Gasteiger charge is 2.16. The van der Waals surface area contributed by atoms with Gasteiger partial charge >= 0.3 is 0 Å². The Balaban J connectivity index is 2.22. The highest BCUT2D eigenvalue weighted by molar-refractivity contribution is 14.1. The van der Waals surface area contributed by atoms with E-state index in [1.807, 2.05) is 48.5 Å². The smallest absolute Gasteiger partial charge is 0.266 e. The maximum atomic E-state index is 12.4. The second-order valence-electron chi connectivity index (χ2n) is 3.99. The Morgan fingerprint density at radius 3 is 2.37 bits per heavy atom. The topological polar surface area (TPSA) is 20.3 Å². The summed E-state index contributed by atoms with van der Waals surface area (Å²) in [6.07, 6.45) is 5.46. The molecule has 0 radical (unpaired) electrons. The van der Waals surface area contributed by atoms with Crippen LogP contribution < -0.4 is 0 Å². The Bertz CT molecular complexity index is 616. The summed E-state index contributed by atoms with van der Waals surface area (Å²) in [6.45, 7) is 0.418.